The number of benzene rings is 9. The highest BCUT2D eigenvalue weighted by atomic mass is 19.4. The van der Waals surface area contributed by atoms with Crippen molar-refractivity contribution >= 4 is 43.6 Å². The molecule has 0 spiro atoms. The van der Waals surface area contributed by atoms with Gasteiger partial charge in [-0.25, -0.2) is 0 Å². The lowest BCUT2D eigenvalue weighted by Gasteiger charge is -2.20. The Labute approximate surface area is 521 Å². The molecule has 0 N–H and O–H groups in total. The first-order valence-corrected chi connectivity index (χ1v) is 27.4. The number of nitrogens with zero attached hydrogens (tertiary/aromatic N) is 4. The molecule has 28 heteroatoms. The zero-order valence-corrected chi connectivity index (χ0v) is 47.2. The van der Waals surface area contributed by atoms with E-state index in [1.54, 1.807) is 0 Å². The Bertz CT molecular complexity index is 4510. The molecule has 0 fully saturated rings. The zero-order valence-electron chi connectivity index (χ0n) is 47.2. The van der Waals surface area contributed by atoms with Crippen LogP contribution in [0.4, 0.5) is 105 Å². The standard InChI is InChI=1S/C68H30F24N4/c69-61(70,71)41-13-37(14-42(25-41)62(72,73)74)32-5-9-54-50(21-32)51-22-33(38-15-43(63(75,76)77)26-44(16-38)64(78,79)80)6-10-55(51)95(54)58-30-94-31-59(60(58)49-4-2-1-3-36(49)29-93)96-56-11-7-34(39-17-45(65(81,82)83)27-46(18-39)66(84,85)86)23-52(56)53-24-35(8-12-57(53)96)40-19-47(67(87,88)89)28-48(20-40)68(90,91)92/h1-28,30-31H. The molecule has 9 aromatic carbocycles. The summed E-state index contributed by atoms with van der Waals surface area (Å²) in [6.45, 7) is 0. The number of pyridine rings is 1. The predicted molar refractivity (Wildman–Crippen MR) is 305 cm³/mol. The van der Waals surface area contributed by atoms with Gasteiger partial charge in [-0.3, -0.25) is 4.98 Å². The zero-order chi connectivity index (χ0) is 69.5. The molecule has 0 aliphatic heterocycles. The van der Waals surface area contributed by atoms with Crippen molar-refractivity contribution in [2.24, 2.45) is 0 Å². The highest BCUT2D eigenvalue weighted by molar-refractivity contribution is 6.14. The Kier molecular flexibility index (Phi) is 15.3. The van der Waals surface area contributed by atoms with Crippen molar-refractivity contribution in [2.75, 3.05) is 0 Å². The topological polar surface area (TPSA) is 46.5 Å². The molecule has 0 saturated carbocycles. The van der Waals surface area contributed by atoms with Crippen molar-refractivity contribution in [2.45, 2.75) is 49.4 Å². The van der Waals surface area contributed by atoms with E-state index in [4.69, 9.17) is 0 Å². The van der Waals surface area contributed by atoms with Gasteiger partial charge in [0.2, 0.25) is 0 Å². The van der Waals surface area contributed by atoms with Crippen LogP contribution in [0.5, 0.6) is 0 Å². The van der Waals surface area contributed by atoms with Gasteiger partial charge in [0.1, 0.15) is 0 Å². The molecule has 3 aromatic heterocycles. The maximum absolute atomic E-state index is 14.3. The summed E-state index contributed by atoms with van der Waals surface area (Å²) in [6.07, 6.45) is -40.6. The van der Waals surface area contributed by atoms with Gasteiger partial charge in [-0.15, -0.1) is 0 Å². The number of aromatic nitrogens is 3. The number of halogens is 24. The van der Waals surface area contributed by atoms with Gasteiger partial charge in [-0.2, -0.15) is 111 Å². The molecular weight excluding hydrogens is 1330 g/mol. The third kappa shape index (κ3) is 12.1. The lowest BCUT2D eigenvalue weighted by atomic mass is 9.96. The normalized spacial score (nSPS) is 13.2. The van der Waals surface area contributed by atoms with Gasteiger partial charge in [0.05, 0.1) is 102 Å². The van der Waals surface area contributed by atoms with Crippen molar-refractivity contribution in [3.8, 4) is 73.1 Å². The highest BCUT2D eigenvalue weighted by Crippen LogP contribution is 2.49. The van der Waals surface area contributed by atoms with Crippen LogP contribution in [0.15, 0.2) is 182 Å². The van der Waals surface area contributed by atoms with Gasteiger partial charge in [0.25, 0.3) is 0 Å². The number of alkyl halides is 24. The van der Waals surface area contributed by atoms with E-state index in [0.717, 1.165) is 48.5 Å². The fourth-order valence-electron chi connectivity index (χ4n) is 11.6. The largest absolute Gasteiger partial charge is 0.416 e. The molecule has 0 amide bonds. The molecule has 0 aliphatic carbocycles. The van der Waals surface area contributed by atoms with E-state index in [1.165, 1.54) is 70.1 Å². The van der Waals surface area contributed by atoms with Crippen molar-refractivity contribution in [1.29, 1.82) is 5.26 Å². The highest BCUT2D eigenvalue weighted by Gasteiger charge is 2.42. The number of fused-ring (bicyclic) bond motifs is 6. The minimum absolute atomic E-state index is 0.0153. The van der Waals surface area contributed by atoms with E-state index in [1.807, 2.05) is 6.07 Å². The molecule has 96 heavy (non-hydrogen) atoms. The molecule has 0 bridgehead atoms. The van der Waals surface area contributed by atoms with Gasteiger partial charge in [-0.1, -0.05) is 42.5 Å². The molecule has 12 rings (SSSR count). The Hall–Kier alpha value is -10.5. The molecule has 0 aliphatic rings. The second kappa shape index (κ2) is 22.3. The first-order valence-electron chi connectivity index (χ1n) is 27.4. The Morgan fingerprint density at radius 2 is 0.500 bits per heavy atom. The molecule has 490 valence electrons. The van der Waals surface area contributed by atoms with Crippen molar-refractivity contribution < 1.29 is 105 Å². The van der Waals surface area contributed by atoms with Gasteiger partial charge < -0.3 is 9.13 Å². The van der Waals surface area contributed by atoms with Crippen molar-refractivity contribution in [3.05, 3.63) is 232 Å². The van der Waals surface area contributed by atoms with Gasteiger partial charge in [-0.05, 0) is 172 Å². The molecule has 0 unspecified atom stereocenters. The fraction of sp³-hybridized carbons (Fsp3) is 0.118. The second-order valence-electron chi connectivity index (χ2n) is 22.0. The quantitative estimate of drug-likeness (QED) is 0.149. The SMILES string of the molecule is N#Cc1ccccc1-c1c(-n2c3ccc(-c4cc(C(F)(F)F)cc(C(F)(F)F)c4)cc3c3cc(-c4cc(C(F)(F)F)cc(C(F)(F)F)c4)ccc32)cncc1-n1c2ccc(-c3cc(C(F)(F)F)cc(C(F)(F)F)c3)cc2c2cc(-c3cc(C(F)(F)F)cc(C(F)(F)F)c3)ccc21. The summed E-state index contributed by atoms with van der Waals surface area (Å²) in [5.74, 6) is 0. The monoisotopic (exact) mass is 1360 g/mol. The summed E-state index contributed by atoms with van der Waals surface area (Å²) in [6, 6.07) is 23.6. The van der Waals surface area contributed by atoms with Crippen molar-refractivity contribution in [3.63, 3.8) is 0 Å². The lowest BCUT2D eigenvalue weighted by molar-refractivity contribution is -0.144. The maximum Gasteiger partial charge on any atom is 0.416 e. The fourth-order valence-corrected chi connectivity index (χ4v) is 11.6. The molecule has 0 saturated heterocycles. The van der Waals surface area contributed by atoms with Crippen LogP contribution in [0, 0.1) is 11.3 Å². The number of hydrogen-bond donors (Lipinski definition) is 0. The first kappa shape index (κ1) is 65.6. The smallest absolute Gasteiger partial charge is 0.307 e. The van der Waals surface area contributed by atoms with Gasteiger partial charge >= 0.3 is 49.4 Å². The van der Waals surface area contributed by atoms with Crippen LogP contribution >= 0.6 is 0 Å². The minimum Gasteiger partial charge on any atom is -0.307 e. The van der Waals surface area contributed by atoms with Gasteiger partial charge in [0, 0.05) is 32.7 Å². The number of hydrogen-bond acceptors (Lipinski definition) is 2. The summed E-state index contributed by atoms with van der Waals surface area (Å²) in [5, 5.41) is 10.2. The molecule has 0 atom stereocenters. The molecule has 0 radical (unpaired) electrons. The minimum atomic E-state index is -5.37. The predicted octanol–water partition coefficient (Wildman–Crippen LogP) is 23.6. The van der Waals surface area contributed by atoms with E-state index in [0.29, 0.717) is 48.5 Å². The van der Waals surface area contributed by atoms with Crippen LogP contribution in [-0.2, 0) is 49.4 Å². The molecule has 4 nitrogen and oxygen atoms in total. The summed E-state index contributed by atoms with van der Waals surface area (Å²) in [4.78, 5) is 4.51. The summed E-state index contributed by atoms with van der Waals surface area (Å²) >= 11 is 0. The third-order valence-corrected chi connectivity index (χ3v) is 15.9. The van der Waals surface area contributed by atoms with Crippen LogP contribution in [0.25, 0.3) is 111 Å². The summed E-state index contributed by atoms with van der Waals surface area (Å²) < 4.78 is 347. The first-order chi connectivity index (χ1) is 44.6. The molecular formula is C68H30F24N4. The van der Waals surface area contributed by atoms with E-state index in [-0.39, 0.29) is 118 Å². The number of nitriles is 1. The van der Waals surface area contributed by atoms with E-state index >= 15 is 0 Å². The van der Waals surface area contributed by atoms with Crippen LogP contribution in [0.2, 0.25) is 0 Å². The second-order valence-corrected chi connectivity index (χ2v) is 22.0. The maximum atomic E-state index is 14.3. The van der Waals surface area contributed by atoms with E-state index in [9.17, 15) is 111 Å². The number of rotatable bonds is 7. The Morgan fingerprint density at radius 3 is 0.719 bits per heavy atom. The lowest BCUT2D eigenvalue weighted by Crippen LogP contribution is -2.11. The third-order valence-electron chi connectivity index (χ3n) is 15.9. The van der Waals surface area contributed by atoms with Crippen molar-refractivity contribution in [1.82, 2.24) is 14.1 Å². The molecule has 3 heterocycles. The van der Waals surface area contributed by atoms with E-state index < -0.39 is 116 Å². The van der Waals surface area contributed by atoms with Crippen LogP contribution < -0.4 is 0 Å². The Balaban J connectivity index is 1.19. The average molecular weight is 1360 g/mol. The van der Waals surface area contributed by atoms with Gasteiger partial charge in [0.15, 0.2) is 0 Å². The van der Waals surface area contributed by atoms with Crippen LogP contribution in [-0.4, -0.2) is 14.1 Å². The van der Waals surface area contributed by atoms with Crippen LogP contribution in [0.3, 0.4) is 0 Å². The molecule has 12 aromatic rings. The summed E-state index contributed by atoms with van der Waals surface area (Å²) in [7, 11) is 0. The Morgan fingerprint density at radius 1 is 0.271 bits per heavy atom. The average Bonchev–Trinajstić information content (AvgIpc) is 1.60. The summed E-state index contributed by atoms with van der Waals surface area (Å²) in [5.41, 5.74) is -18.9. The van der Waals surface area contributed by atoms with Crippen LogP contribution in [0.1, 0.15) is 50.1 Å². The van der Waals surface area contributed by atoms with E-state index in [2.05, 4.69) is 4.98 Å².